The van der Waals surface area contributed by atoms with Crippen LogP contribution in [0.5, 0.6) is 5.88 Å². The Bertz CT molecular complexity index is 922. The van der Waals surface area contributed by atoms with Gasteiger partial charge in [-0.25, -0.2) is 4.68 Å². The van der Waals surface area contributed by atoms with Crippen molar-refractivity contribution >= 4 is 24.0 Å². The molecule has 2 unspecified atom stereocenters. The minimum absolute atomic E-state index is 0.0348. The van der Waals surface area contributed by atoms with Crippen LogP contribution >= 0.6 is 0 Å². The summed E-state index contributed by atoms with van der Waals surface area (Å²) in [6, 6.07) is -0.0348. The van der Waals surface area contributed by atoms with E-state index < -0.39 is 11.5 Å². The molecular formula is C25H38N4O5. The number of rotatable bonds is 9. The van der Waals surface area contributed by atoms with E-state index in [4.69, 9.17) is 4.74 Å². The van der Waals surface area contributed by atoms with E-state index in [9.17, 15) is 19.5 Å². The van der Waals surface area contributed by atoms with E-state index >= 15 is 0 Å². The SMILES string of the molecule is CC(=O)NC(C)(C)/C=C/n1ncc(C(=O)N[C@H]2C3CCCC2C[C@H](C(=O)O)C3)c1OCC(C)C. The highest BCUT2D eigenvalue weighted by Crippen LogP contribution is 2.43. The zero-order valence-corrected chi connectivity index (χ0v) is 20.8. The molecule has 0 saturated heterocycles. The number of carboxylic acid groups (broad SMARTS) is 1. The van der Waals surface area contributed by atoms with Gasteiger partial charge in [0.2, 0.25) is 11.8 Å². The van der Waals surface area contributed by atoms with Crippen molar-refractivity contribution in [2.45, 2.75) is 78.3 Å². The summed E-state index contributed by atoms with van der Waals surface area (Å²) in [6.45, 7) is 9.66. The summed E-state index contributed by atoms with van der Waals surface area (Å²) in [7, 11) is 0. The summed E-state index contributed by atoms with van der Waals surface area (Å²) in [5.41, 5.74) is -0.253. The summed E-state index contributed by atoms with van der Waals surface area (Å²) < 4.78 is 7.51. The second-order valence-corrected chi connectivity index (χ2v) is 10.7. The molecule has 1 heterocycles. The largest absolute Gasteiger partial charge is 0.481 e. The Hall–Kier alpha value is -2.84. The van der Waals surface area contributed by atoms with Crippen LogP contribution in [0.25, 0.3) is 6.20 Å². The predicted molar refractivity (Wildman–Crippen MR) is 128 cm³/mol. The van der Waals surface area contributed by atoms with Gasteiger partial charge in [-0.15, -0.1) is 0 Å². The van der Waals surface area contributed by atoms with Gasteiger partial charge in [0, 0.05) is 19.2 Å². The fraction of sp³-hybridized carbons (Fsp3) is 0.680. The molecule has 2 aliphatic carbocycles. The molecule has 2 aliphatic rings. The lowest BCUT2D eigenvalue weighted by Gasteiger charge is -2.45. The Morgan fingerprint density at radius 1 is 1.26 bits per heavy atom. The predicted octanol–water partition coefficient (Wildman–Crippen LogP) is 3.31. The fourth-order valence-electron chi connectivity index (χ4n) is 5.16. The molecular weight excluding hydrogens is 436 g/mol. The molecule has 2 atom stereocenters. The van der Waals surface area contributed by atoms with Crippen molar-refractivity contribution in [2.75, 3.05) is 6.61 Å². The zero-order valence-electron chi connectivity index (χ0n) is 20.8. The monoisotopic (exact) mass is 474 g/mol. The third-order valence-corrected chi connectivity index (χ3v) is 6.67. The highest BCUT2D eigenvalue weighted by atomic mass is 16.5. The third kappa shape index (κ3) is 6.39. The van der Waals surface area contributed by atoms with Gasteiger partial charge in [-0.1, -0.05) is 20.3 Å². The molecule has 3 N–H and O–H groups in total. The van der Waals surface area contributed by atoms with Crippen molar-refractivity contribution in [2.24, 2.45) is 23.7 Å². The Morgan fingerprint density at radius 3 is 2.47 bits per heavy atom. The Morgan fingerprint density at radius 2 is 1.91 bits per heavy atom. The van der Waals surface area contributed by atoms with Crippen molar-refractivity contribution in [3.63, 3.8) is 0 Å². The van der Waals surface area contributed by atoms with Gasteiger partial charge < -0.3 is 20.5 Å². The van der Waals surface area contributed by atoms with E-state index in [0.717, 1.165) is 19.3 Å². The quantitative estimate of drug-likeness (QED) is 0.505. The zero-order chi connectivity index (χ0) is 25.0. The first-order valence-electron chi connectivity index (χ1n) is 12.2. The normalized spacial score (nSPS) is 24.8. The van der Waals surface area contributed by atoms with E-state index in [1.54, 1.807) is 12.3 Å². The third-order valence-electron chi connectivity index (χ3n) is 6.67. The molecule has 0 spiro atoms. The van der Waals surface area contributed by atoms with Crippen molar-refractivity contribution in [1.82, 2.24) is 20.4 Å². The van der Waals surface area contributed by atoms with Crippen LogP contribution in [0.1, 0.15) is 77.1 Å². The first-order valence-corrected chi connectivity index (χ1v) is 12.2. The lowest BCUT2D eigenvalue weighted by Crippen LogP contribution is -2.52. The molecule has 188 valence electrons. The van der Waals surface area contributed by atoms with Crippen molar-refractivity contribution in [3.8, 4) is 5.88 Å². The van der Waals surface area contributed by atoms with Crippen LogP contribution in [0.15, 0.2) is 12.3 Å². The van der Waals surface area contributed by atoms with E-state index in [1.807, 2.05) is 27.7 Å². The molecule has 2 saturated carbocycles. The summed E-state index contributed by atoms with van der Waals surface area (Å²) in [5.74, 6) is -0.508. The number of nitrogens with zero attached hydrogens (tertiary/aromatic N) is 2. The molecule has 2 bridgehead atoms. The first-order chi connectivity index (χ1) is 16.0. The molecule has 0 aromatic carbocycles. The number of ether oxygens (including phenoxy) is 1. The average Bonchev–Trinajstić information content (AvgIpc) is 3.12. The Balaban J connectivity index is 1.80. The lowest BCUT2D eigenvalue weighted by molar-refractivity contribution is -0.145. The molecule has 2 fully saturated rings. The van der Waals surface area contributed by atoms with Gasteiger partial charge in [0.25, 0.3) is 5.91 Å². The molecule has 2 amide bonds. The van der Waals surface area contributed by atoms with Gasteiger partial charge in [0.1, 0.15) is 5.56 Å². The van der Waals surface area contributed by atoms with Gasteiger partial charge in [0.05, 0.1) is 24.3 Å². The second kappa shape index (κ2) is 10.6. The Kier molecular flexibility index (Phi) is 8.05. The summed E-state index contributed by atoms with van der Waals surface area (Å²) in [5, 5.41) is 19.9. The number of fused-ring (bicyclic) bond motifs is 2. The molecule has 1 aromatic heterocycles. The number of hydrogen-bond acceptors (Lipinski definition) is 5. The number of carbonyl (C=O) groups is 3. The number of carboxylic acids is 1. The molecule has 9 heteroatoms. The first kappa shape index (κ1) is 25.8. The Labute approximate surface area is 201 Å². The maximum absolute atomic E-state index is 13.3. The van der Waals surface area contributed by atoms with E-state index in [1.165, 1.54) is 17.8 Å². The molecule has 9 nitrogen and oxygen atoms in total. The minimum atomic E-state index is -0.735. The number of amides is 2. The van der Waals surface area contributed by atoms with E-state index in [2.05, 4.69) is 15.7 Å². The lowest BCUT2D eigenvalue weighted by atomic mass is 9.64. The van der Waals surface area contributed by atoms with Crippen LogP contribution in [-0.4, -0.2) is 50.9 Å². The van der Waals surface area contributed by atoms with Crippen LogP contribution in [0.3, 0.4) is 0 Å². The maximum atomic E-state index is 13.3. The topological polar surface area (TPSA) is 123 Å². The number of aliphatic carboxylic acids is 1. The van der Waals surface area contributed by atoms with Crippen molar-refractivity contribution < 1.29 is 24.2 Å². The fourth-order valence-corrected chi connectivity index (χ4v) is 5.16. The standard InChI is InChI=1S/C25H38N4O5/c1-15(2)14-34-23-20(13-26-29(23)10-9-25(4,5)28-16(3)30)22(31)27-21-17-7-6-8-18(21)12-19(11-17)24(32)33/h9-10,13,15,17-19,21H,6-8,11-12,14H2,1-5H3,(H,27,31)(H,28,30)(H,32,33)/b10-9+/t17?,18?,19-,21+. The van der Waals surface area contributed by atoms with Gasteiger partial charge in [0.15, 0.2) is 0 Å². The molecule has 3 rings (SSSR count). The number of carbonyl (C=O) groups excluding carboxylic acids is 2. The van der Waals surface area contributed by atoms with Gasteiger partial charge >= 0.3 is 5.97 Å². The average molecular weight is 475 g/mol. The smallest absolute Gasteiger partial charge is 0.306 e. The van der Waals surface area contributed by atoms with Gasteiger partial charge in [-0.3, -0.25) is 14.4 Å². The highest BCUT2D eigenvalue weighted by Gasteiger charge is 2.43. The molecule has 0 aliphatic heterocycles. The molecule has 0 radical (unpaired) electrons. The highest BCUT2D eigenvalue weighted by molar-refractivity contribution is 5.96. The van der Waals surface area contributed by atoms with E-state index in [0.29, 0.717) is 30.9 Å². The van der Waals surface area contributed by atoms with Crippen LogP contribution in [0.4, 0.5) is 0 Å². The summed E-state index contributed by atoms with van der Waals surface area (Å²) in [6.07, 6.45) is 9.13. The van der Waals surface area contributed by atoms with Crippen LogP contribution < -0.4 is 15.4 Å². The van der Waals surface area contributed by atoms with Crippen molar-refractivity contribution in [3.05, 3.63) is 17.8 Å². The van der Waals surface area contributed by atoms with Gasteiger partial charge in [-0.05, 0) is 63.4 Å². The summed E-state index contributed by atoms with van der Waals surface area (Å²) in [4.78, 5) is 36.4. The summed E-state index contributed by atoms with van der Waals surface area (Å²) >= 11 is 0. The van der Waals surface area contributed by atoms with Crippen molar-refractivity contribution in [1.29, 1.82) is 0 Å². The maximum Gasteiger partial charge on any atom is 0.306 e. The van der Waals surface area contributed by atoms with E-state index in [-0.39, 0.29) is 41.5 Å². The molecule has 1 aromatic rings. The number of aromatic nitrogens is 2. The number of nitrogens with one attached hydrogen (secondary N) is 2. The van der Waals surface area contributed by atoms with Crippen LogP contribution in [-0.2, 0) is 9.59 Å². The van der Waals surface area contributed by atoms with Crippen LogP contribution in [0.2, 0.25) is 0 Å². The second-order valence-electron chi connectivity index (χ2n) is 10.7. The minimum Gasteiger partial charge on any atom is -0.481 e. The number of hydrogen-bond donors (Lipinski definition) is 3. The molecule has 34 heavy (non-hydrogen) atoms. The van der Waals surface area contributed by atoms with Gasteiger partial charge in [-0.2, -0.15) is 5.10 Å². The van der Waals surface area contributed by atoms with Crippen LogP contribution in [0, 0.1) is 23.7 Å².